The van der Waals surface area contributed by atoms with Gasteiger partial charge in [-0.15, -0.1) is 12.4 Å². The number of benzene rings is 2. The molecule has 0 unspecified atom stereocenters. The zero-order valence-corrected chi connectivity index (χ0v) is 17.2. The van der Waals surface area contributed by atoms with Gasteiger partial charge in [-0.1, -0.05) is 32.0 Å². The molecule has 5 heteroatoms. The summed E-state index contributed by atoms with van der Waals surface area (Å²) in [5.41, 5.74) is 3.03. The molecule has 26 heavy (non-hydrogen) atoms. The minimum Gasteiger partial charge on any atom is -0.477 e. The van der Waals surface area contributed by atoms with E-state index in [4.69, 9.17) is 9.97 Å². The first kappa shape index (κ1) is 18.6. The molecular formula is C21H20IrN4-2. The summed E-state index contributed by atoms with van der Waals surface area (Å²) in [6, 6.07) is 21.4. The van der Waals surface area contributed by atoms with Crippen molar-refractivity contribution in [3.05, 3.63) is 79.2 Å². The number of hydrogen-bond acceptors (Lipinski definition) is 4. The Balaban J connectivity index is 0.00000196. The Kier molecular flexibility index (Phi) is 5.70. The van der Waals surface area contributed by atoms with Crippen molar-refractivity contribution in [2.24, 2.45) is 5.92 Å². The van der Waals surface area contributed by atoms with Crippen LogP contribution in [-0.4, -0.2) is 9.97 Å². The predicted octanol–water partition coefficient (Wildman–Crippen LogP) is 4.88. The quantitative estimate of drug-likeness (QED) is 0.459. The van der Waals surface area contributed by atoms with E-state index in [2.05, 4.69) is 41.8 Å². The summed E-state index contributed by atoms with van der Waals surface area (Å²) in [7, 11) is 0. The molecule has 0 bridgehead atoms. The van der Waals surface area contributed by atoms with E-state index < -0.39 is 0 Å². The van der Waals surface area contributed by atoms with E-state index in [1.807, 2.05) is 55.3 Å². The Bertz CT molecular complexity index is 852. The van der Waals surface area contributed by atoms with Crippen LogP contribution in [-0.2, 0) is 26.5 Å². The fourth-order valence-electron chi connectivity index (χ4n) is 2.97. The van der Waals surface area contributed by atoms with E-state index in [1.165, 1.54) is 0 Å². The summed E-state index contributed by atoms with van der Waals surface area (Å²) in [5.74, 6) is 2.24. The SMILES string of the molecule is CC(C)Cc1cnc2c(n1)N(c1[c-]cccc1)[CH-]N2c1ccccc1.[Ir]. The monoisotopic (exact) mass is 521 g/mol. The van der Waals surface area contributed by atoms with E-state index in [9.17, 15) is 0 Å². The summed E-state index contributed by atoms with van der Waals surface area (Å²) in [5, 5.41) is 0. The standard InChI is InChI=1S/C21H20N4.Ir/c1-16(2)13-17-14-22-20-21(23-17)25(19-11-7-4-8-12-19)15-24(20)18-9-5-3-6-10-18;/h3-11,14-16H,13H2,1-2H3;/q-2;. The average molecular weight is 521 g/mol. The van der Waals surface area contributed by atoms with E-state index in [-0.39, 0.29) is 20.1 Å². The maximum Gasteiger partial charge on any atom is 0.145 e. The fraction of sp³-hybridized carbons (Fsp3) is 0.190. The summed E-state index contributed by atoms with van der Waals surface area (Å²) in [6.07, 6.45) is 2.80. The van der Waals surface area contributed by atoms with E-state index in [1.54, 1.807) is 0 Å². The molecule has 0 amide bonds. The molecule has 0 spiro atoms. The molecular weight excluding hydrogens is 500 g/mol. The van der Waals surface area contributed by atoms with Crippen LogP contribution in [0.15, 0.2) is 60.8 Å². The Morgan fingerprint density at radius 1 is 1.00 bits per heavy atom. The molecule has 0 saturated carbocycles. The van der Waals surface area contributed by atoms with Crippen LogP contribution in [0.1, 0.15) is 19.5 Å². The van der Waals surface area contributed by atoms with Crippen molar-refractivity contribution in [2.45, 2.75) is 20.3 Å². The zero-order valence-electron chi connectivity index (χ0n) is 14.8. The predicted molar refractivity (Wildman–Crippen MR) is 101 cm³/mol. The average Bonchev–Trinajstić information content (AvgIpc) is 3.01. The van der Waals surface area contributed by atoms with Gasteiger partial charge in [-0.3, -0.25) is 0 Å². The summed E-state index contributed by atoms with van der Waals surface area (Å²) < 4.78 is 0. The first-order chi connectivity index (χ1) is 12.2. The molecule has 1 aromatic heterocycles. The molecule has 0 aliphatic carbocycles. The second-order valence-electron chi connectivity index (χ2n) is 6.55. The van der Waals surface area contributed by atoms with E-state index in [0.29, 0.717) is 5.92 Å². The van der Waals surface area contributed by atoms with Gasteiger partial charge < -0.3 is 9.80 Å². The summed E-state index contributed by atoms with van der Waals surface area (Å²) >= 11 is 0. The zero-order chi connectivity index (χ0) is 17.2. The number of nitrogens with zero attached hydrogens (tertiary/aromatic N) is 4. The molecule has 1 radical (unpaired) electrons. The van der Waals surface area contributed by atoms with Crippen molar-refractivity contribution in [3.63, 3.8) is 0 Å². The molecule has 2 heterocycles. The second-order valence-corrected chi connectivity index (χ2v) is 6.55. The Hall–Kier alpha value is -2.23. The third-order valence-electron chi connectivity index (χ3n) is 4.08. The number of rotatable bonds is 4. The van der Waals surface area contributed by atoms with Crippen LogP contribution in [0.5, 0.6) is 0 Å². The van der Waals surface area contributed by atoms with Gasteiger partial charge in [0.1, 0.15) is 11.6 Å². The number of fused-ring (bicyclic) bond motifs is 1. The summed E-state index contributed by atoms with van der Waals surface area (Å²) in [4.78, 5) is 13.7. The third kappa shape index (κ3) is 3.64. The molecule has 1 aliphatic rings. The molecule has 0 atom stereocenters. The molecule has 4 nitrogen and oxygen atoms in total. The van der Waals surface area contributed by atoms with Gasteiger partial charge in [-0.25, -0.2) is 9.97 Å². The van der Waals surface area contributed by atoms with Crippen LogP contribution in [0.4, 0.5) is 23.0 Å². The van der Waals surface area contributed by atoms with Gasteiger partial charge in [0.15, 0.2) is 0 Å². The third-order valence-corrected chi connectivity index (χ3v) is 4.08. The van der Waals surface area contributed by atoms with Crippen molar-refractivity contribution < 1.29 is 20.1 Å². The van der Waals surface area contributed by atoms with Crippen LogP contribution in [0.25, 0.3) is 0 Å². The van der Waals surface area contributed by atoms with Crippen LogP contribution in [0.2, 0.25) is 0 Å². The van der Waals surface area contributed by atoms with Crippen LogP contribution < -0.4 is 9.80 Å². The molecule has 4 rings (SSSR count). The largest absolute Gasteiger partial charge is 0.477 e. The maximum absolute atomic E-state index is 4.90. The van der Waals surface area contributed by atoms with Gasteiger partial charge in [0, 0.05) is 25.8 Å². The second kappa shape index (κ2) is 7.98. The number of aromatic nitrogens is 2. The van der Waals surface area contributed by atoms with Gasteiger partial charge in [-0.05, 0) is 24.5 Å². The van der Waals surface area contributed by atoms with Crippen molar-refractivity contribution in [1.82, 2.24) is 9.97 Å². The summed E-state index contributed by atoms with van der Waals surface area (Å²) in [6.45, 7) is 6.42. The normalized spacial score (nSPS) is 12.9. The van der Waals surface area contributed by atoms with Gasteiger partial charge in [0.25, 0.3) is 0 Å². The Morgan fingerprint density at radius 2 is 1.77 bits per heavy atom. The van der Waals surface area contributed by atoms with Gasteiger partial charge in [-0.2, -0.15) is 30.3 Å². The van der Waals surface area contributed by atoms with Gasteiger partial charge in [0.2, 0.25) is 0 Å². The van der Waals surface area contributed by atoms with E-state index >= 15 is 0 Å². The first-order valence-corrected chi connectivity index (χ1v) is 8.53. The van der Waals surface area contributed by atoms with Crippen molar-refractivity contribution in [3.8, 4) is 0 Å². The number of hydrogen-bond donors (Lipinski definition) is 0. The smallest absolute Gasteiger partial charge is 0.145 e. The Labute approximate surface area is 168 Å². The maximum atomic E-state index is 4.90. The molecule has 0 N–H and O–H groups in total. The van der Waals surface area contributed by atoms with Gasteiger partial charge in [0.05, 0.1) is 11.9 Å². The molecule has 135 valence electrons. The topological polar surface area (TPSA) is 32.3 Å². The van der Waals surface area contributed by atoms with Crippen LogP contribution in [0, 0.1) is 18.7 Å². The number of anilines is 4. The fourth-order valence-corrected chi connectivity index (χ4v) is 2.97. The van der Waals surface area contributed by atoms with Crippen molar-refractivity contribution in [1.29, 1.82) is 0 Å². The molecule has 3 aromatic rings. The minimum atomic E-state index is 0. The van der Waals surface area contributed by atoms with Crippen molar-refractivity contribution in [2.75, 3.05) is 9.80 Å². The number of para-hydroxylation sites is 2. The van der Waals surface area contributed by atoms with E-state index in [0.717, 1.165) is 35.1 Å². The minimum absolute atomic E-state index is 0. The van der Waals surface area contributed by atoms with Crippen LogP contribution >= 0.6 is 0 Å². The Morgan fingerprint density at radius 3 is 2.46 bits per heavy atom. The van der Waals surface area contributed by atoms with Crippen LogP contribution in [0.3, 0.4) is 0 Å². The first-order valence-electron chi connectivity index (χ1n) is 8.53. The van der Waals surface area contributed by atoms with Gasteiger partial charge >= 0.3 is 0 Å². The molecule has 0 saturated heterocycles. The van der Waals surface area contributed by atoms with Crippen molar-refractivity contribution >= 4 is 23.0 Å². The molecule has 1 aliphatic heterocycles. The molecule has 0 fully saturated rings. The molecule has 2 aromatic carbocycles.